The third kappa shape index (κ3) is 3.31. The summed E-state index contributed by atoms with van der Waals surface area (Å²) in [6, 6.07) is 8.10. The molecule has 0 heterocycles. The number of anilines is 2. The topological polar surface area (TPSA) is 55.1 Å². The maximum Gasteiger partial charge on any atom is 0.418 e. The van der Waals surface area contributed by atoms with E-state index < -0.39 is 29.2 Å². The minimum atomic E-state index is -4.64. The summed E-state index contributed by atoms with van der Waals surface area (Å²) in [7, 11) is 0. The number of halogens is 4. The Morgan fingerprint density at radius 3 is 2.38 bits per heavy atom. The van der Waals surface area contributed by atoms with E-state index in [2.05, 4.69) is 5.32 Å². The van der Waals surface area contributed by atoms with Crippen LogP contribution in [0.5, 0.6) is 0 Å². The molecule has 0 saturated carbocycles. The van der Waals surface area contributed by atoms with E-state index in [9.17, 15) is 22.4 Å². The van der Waals surface area contributed by atoms with Crippen molar-refractivity contribution < 1.29 is 22.4 Å². The molecule has 0 radical (unpaired) electrons. The minimum Gasteiger partial charge on any atom is -0.398 e. The van der Waals surface area contributed by atoms with Crippen molar-refractivity contribution in [3.05, 3.63) is 59.4 Å². The number of benzene rings is 2. The fourth-order valence-corrected chi connectivity index (χ4v) is 1.72. The molecule has 0 spiro atoms. The van der Waals surface area contributed by atoms with E-state index in [1.807, 2.05) is 0 Å². The van der Waals surface area contributed by atoms with Crippen LogP contribution in [0.15, 0.2) is 42.5 Å². The van der Waals surface area contributed by atoms with Crippen LogP contribution in [0.25, 0.3) is 0 Å². The molecule has 0 aromatic heterocycles. The number of hydrogen-bond acceptors (Lipinski definition) is 2. The molecule has 1 amide bonds. The predicted molar refractivity (Wildman–Crippen MR) is 70.2 cm³/mol. The smallest absolute Gasteiger partial charge is 0.398 e. The molecule has 110 valence electrons. The van der Waals surface area contributed by atoms with Crippen molar-refractivity contribution in [3.8, 4) is 0 Å². The molecule has 0 atom stereocenters. The number of nitrogen functional groups attached to an aromatic ring is 1. The summed E-state index contributed by atoms with van der Waals surface area (Å²) in [4.78, 5) is 11.8. The van der Waals surface area contributed by atoms with Crippen LogP contribution in [0.3, 0.4) is 0 Å². The van der Waals surface area contributed by atoms with Crippen LogP contribution in [0, 0.1) is 5.82 Å². The molecule has 3 nitrogen and oxygen atoms in total. The summed E-state index contributed by atoms with van der Waals surface area (Å²) in [6.07, 6.45) is -4.64. The number of alkyl halides is 3. The highest BCUT2D eigenvalue weighted by atomic mass is 19.4. The SMILES string of the molecule is Nc1ccc(NC(=O)c2ccccc2F)cc1C(F)(F)F. The van der Waals surface area contributed by atoms with Gasteiger partial charge in [0, 0.05) is 11.4 Å². The van der Waals surface area contributed by atoms with Crippen molar-refractivity contribution in [3.63, 3.8) is 0 Å². The van der Waals surface area contributed by atoms with E-state index >= 15 is 0 Å². The normalized spacial score (nSPS) is 11.2. The molecule has 0 aliphatic carbocycles. The number of hydrogen-bond donors (Lipinski definition) is 2. The first-order valence-electron chi connectivity index (χ1n) is 5.81. The summed E-state index contributed by atoms with van der Waals surface area (Å²) in [5.41, 5.74) is 3.35. The number of carbonyl (C=O) groups excluding carboxylic acids is 1. The fraction of sp³-hybridized carbons (Fsp3) is 0.0714. The number of rotatable bonds is 2. The van der Waals surface area contributed by atoms with Gasteiger partial charge in [-0.25, -0.2) is 4.39 Å². The van der Waals surface area contributed by atoms with Crippen molar-refractivity contribution in [2.24, 2.45) is 0 Å². The van der Waals surface area contributed by atoms with Crippen LogP contribution in [0.1, 0.15) is 15.9 Å². The molecule has 0 bridgehead atoms. The van der Waals surface area contributed by atoms with E-state index in [0.717, 1.165) is 12.1 Å². The Hall–Kier alpha value is -2.57. The van der Waals surface area contributed by atoms with Crippen LogP contribution in [-0.2, 0) is 6.18 Å². The van der Waals surface area contributed by atoms with Crippen LogP contribution in [0.4, 0.5) is 28.9 Å². The average molecular weight is 298 g/mol. The van der Waals surface area contributed by atoms with Gasteiger partial charge in [0.1, 0.15) is 5.82 Å². The molecular weight excluding hydrogens is 288 g/mol. The molecule has 7 heteroatoms. The van der Waals surface area contributed by atoms with Crippen LogP contribution >= 0.6 is 0 Å². The first kappa shape index (κ1) is 14.8. The number of nitrogens with one attached hydrogen (secondary N) is 1. The second-order valence-corrected chi connectivity index (χ2v) is 4.23. The summed E-state index contributed by atoms with van der Waals surface area (Å²) in [5, 5.41) is 2.20. The highest BCUT2D eigenvalue weighted by Gasteiger charge is 2.33. The monoisotopic (exact) mass is 298 g/mol. The van der Waals surface area contributed by atoms with E-state index in [-0.39, 0.29) is 11.3 Å². The standard InChI is InChI=1S/C14H10F4N2O/c15-11-4-2-1-3-9(11)13(21)20-8-5-6-12(19)10(7-8)14(16,17)18/h1-7H,19H2,(H,20,21). The Morgan fingerprint density at radius 2 is 1.76 bits per heavy atom. The van der Waals surface area contributed by atoms with Gasteiger partial charge in [0.2, 0.25) is 0 Å². The van der Waals surface area contributed by atoms with Crippen molar-refractivity contribution in [2.75, 3.05) is 11.1 Å². The Morgan fingerprint density at radius 1 is 1.10 bits per heavy atom. The van der Waals surface area contributed by atoms with Gasteiger partial charge in [-0.3, -0.25) is 4.79 Å². The van der Waals surface area contributed by atoms with Crippen molar-refractivity contribution in [1.29, 1.82) is 0 Å². The minimum absolute atomic E-state index is 0.121. The largest absolute Gasteiger partial charge is 0.418 e. The maximum atomic E-state index is 13.4. The van der Waals surface area contributed by atoms with E-state index in [1.54, 1.807) is 0 Å². The molecule has 0 fully saturated rings. The summed E-state index contributed by atoms with van der Waals surface area (Å²) < 4.78 is 51.5. The van der Waals surface area contributed by atoms with Gasteiger partial charge in [0.05, 0.1) is 11.1 Å². The number of amides is 1. The predicted octanol–water partition coefficient (Wildman–Crippen LogP) is 3.68. The van der Waals surface area contributed by atoms with Crippen molar-refractivity contribution in [1.82, 2.24) is 0 Å². The Balaban J connectivity index is 2.29. The van der Waals surface area contributed by atoms with Crippen molar-refractivity contribution in [2.45, 2.75) is 6.18 Å². The van der Waals surface area contributed by atoms with Crippen molar-refractivity contribution >= 4 is 17.3 Å². The van der Waals surface area contributed by atoms with E-state index in [0.29, 0.717) is 6.07 Å². The third-order valence-corrected chi connectivity index (χ3v) is 2.74. The highest BCUT2D eigenvalue weighted by molar-refractivity contribution is 6.04. The zero-order valence-corrected chi connectivity index (χ0v) is 10.5. The third-order valence-electron chi connectivity index (χ3n) is 2.74. The molecule has 21 heavy (non-hydrogen) atoms. The number of nitrogens with two attached hydrogens (primary N) is 1. The molecule has 0 aliphatic rings. The van der Waals surface area contributed by atoms with Gasteiger partial charge in [-0.05, 0) is 30.3 Å². The lowest BCUT2D eigenvalue weighted by Gasteiger charge is -2.12. The molecule has 2 aromatic carbocycles. The van der Waals surface area contributed by atoms with Gasteiger partial charge in [-0.2, -0.15) is 13.2 Å². The Bertz CT molecular complexity index is 683. The van der Waals surface area contributed by atoms with Crippen LogP contribution < -0.4 is 11.1 Å². The second kappa shape index (κ2) is 5.43. The molecule has 3 N–H and O–H groups in total. The van der Waals surface area contributed by atoms with Crippen LogP contribution in [-0.4, -0.2) is 5.91 Å². The Labute approximate surface area is 117 Å². The second-order valence-electron chi connectivity index (χ2n) is 4.23. The zero-order valence-electron chi connectivity index (χ0n) is 10.5. The Kier molecular flexibility index (Phi) is 3.84. The van der Waals surface area contributed by atoms with Gasteiger partial charge >= 0.3 is 6.18 Å². The lowest BCUT2D eigenvalue weighted by atomic mass is 10.1. The lowest BCUT2D eigenvalue weighted by Crippen LogP contribution is -2.15. The molecule has 0 aliphatic heterocycles. The quantitative estimate of drug-likeness (QED) is 0.656. The summed E-state index contributed by atoms with van der Waals surface area (Å²) >= 11 is 0. The molecular formula is C14H10F4N2O. The zero-order chi connectivity index (χ0) is 15.6. The molecule has 0 saturated heterocycles. The van der Waals surface area contributed by atoms with Crippen LogP contribution in [0.2, 0.25) is 0 Å². The lowest BCUT2D eigenvalue weighted by molar-refractivity contribution is -0.136. The van der Waals surface area contributed by atoms with Gasteiger partial charge in [0.15, 0.2) is 0 Å². The average Bonchev–Trinajstić information content (AvgIpc) is 2.40. The maximum absolute atomic E-state index is 13.4. The first-order valence-corrected chi connectivity index (χ1v) is 5.81. The van der Waals surface area contributed by atoms with Gasteiger partial charge < -0.3 is 11.1 Å². The highest BCUT2D eigenvalue weighted by Crippen LogP contribution is 2.35. The molecule has 0 unspecified atom stereocenters. The van der Waals surface area contributed by atoms with E-state index in [4.69, 9.17) is 5.73 Å². The molecule has 2 rings (SSSR count). The first-order chi connectivity index (χ1) is 9.79. The van der Waals surface area contributed by atoms with Gasteiger partial charge in [-0.15, -0.1) is 0 Å². The molecule has 2 aromatic rings. The van der Waals surface area contributed by atoms with E-state index in [1.165, 1.54) is 24.3 Å². The fourth-order valence-electron chi connectivity index (χ4n) is 1.72. The number of carbonyl (C=O) groups is 1. The summed E-state index contributed by atoms with van der Waals surface area (Å²) in [5.74, 6) is -1.60. The van der Waals surface area contributed by atoms with Gasteiger partial charge in [0.25, 0.3) is 5.91 Å². The van der Waals surface area contributed by atoms with Gasteiger partial charge in [-0.1, -0.05) is 12.1 Å². The summed E-state index contributed by atoms with van der Waals surface area (Å²) in [6.45, 7) is 0.